The number of hydrogen-bond acceptors (Lipinski definition) is 5. The van der Waals surface area contributed by atoms with Gasteiger partial charge in [-0.3, -0.25) is 4.90 Å². The number of likely N-dealkylation sites (N-methyl/N-ethyl adjacent to an activating group) is 1. The molecule has 0 fully saturated rings. The molecule has 0 aliphatic carbocycles. The molecule has 20 heavy (non-hydrogen) atoms. The van der Waals surface area contributed by atoms with Gasteiger partial charge in [0.2, 0.25) is 0 Å². The van der Waals surface area contributed by atoms with Gasteiger partial charge in [0, 0.05) is 18.5 Å². The molecule has 1 N–H and O–H groups in total. The SMILES string of the molecule is CCN(CCO)Cc1csc(-c2ccccc2OC)n1. The molecular weight excluding hydrogens is 272 g/mol. The van der Waals surface area contributed by atoms with Gasteiger partial charge in [-0.1, -0.05) is 19.1 Å². The smallest absolute Gasteiger partial charge is 0.129 e. The zero-order valence-corrected chi connectivity index (χ0v) is 12.7. The van der Waals surface area contributed by atoms with Crippen molar-refractivity contribution in [2.45, 2.75) is 13.5 Å². The number of para-hydroxylation sites is 1. The van der Waals surface area contributed by atoms with Crippen LogP contribution in [-0.4, -0.2) is 41.8 Å². The summed E-state index contributed by atoms with van der Waals surface area (Å²) in [4.78, 5) is 6.84. The monoisotopic (exact) mass is 292 g/mol. The van der Waals surface area contributed by atoms with E-state index in [9.17, 15) is 0 Å². The second-order valence-electron chi connectivity index (χ2n) is 4.44. The van der Waals surface area contributed by atoms with Gasteiger partial charge in [0.1, 0.15) is 10.8 Å². The third-order valence-electron chi connectivity index (χ3n) is 3.14. The molecule has 0 radical (unpaired) electrons. The van der Waals surface area contributed by atoms with Gasteiger partial charge >= 0.3 is 0 Å². The van der Waals surface area contributed by atoms with Crippen molar-refractivity contribution in [3.8, 4) is 16.3 Å². The molecule has 0 bridgehead atoms. The fourth-order valence-corrected chi connectivity index (χ4v) is 2.88. The van der Waals surface area contributed by atoms with E-state index in [0.29, 0.717) is 6.54 Å². The number of aliphatic hydroxyl groups excluding tert-OH is 1. The summed E-state index contributed by atoms with van der Waals surface area (Å²) in [7, 11) is 1.67. The Bertz CT molecular complexity index is 542. The molecule has 0 aliphatic rings. The third-order valence-corrected chi connectivity index (χ3v) is 4.06. The molecule has 4 nitrogen and oxygen atoms in total. The summed E-state index contributed by atoms with van der Waals surface area (Å²) >= 11 is 1.62. The second-order valence-corrected chi connectivity index (χ2v) is 5.29. The summed E-state index contributed by atoms with van der Waals surface area (Å²) in [6, 6.07) is 7.91. The minimum Gasteiger partial charge on any atom is -0.496 e. The highest BCUT2D eigenvalue weighted by atomic mass is 32.1. The van der Waals surface area contributed by atoms with Crippen LogP contribution in [-0.2, 0) is 6.54 Å². The number of hydrogen-bond donors (Lipinski definition) is 1. The van der Waals surface area contributed by atoms with Gasteiger partial charge in [-0.25, -0.2) is 4.98 Å². The predicted molar refractivity (Wildman–Crippen MR) is 82.1 cm³/mol. The zero-order chi connectivity index (χ0) is 14.4. The van der Waals surface area contributed by atoms with Crippen LogP contribution in [0.5, 0.6) is 5.75 Å². The number of ether oxygens (including phenoxy) is 1. The molecule has 2 aromatic rings. The van der Waals surface area contributed by atoms with Crippen LogP contribution in [0.4, 0.5) is 0 Å². The first-order valence-electron chi connectivity index (χ1n) is 6.69. The maximum atomic E-state index is 9.02. The lowest BCUT2D eigenvalue weighted by atomic mass is 10.2. The number of nitrogens with zero attached hydrogens (tertiary/aromatic N) is 2. The fourth-order valence-electron chi connectivity index (χ4n) is 2.04. The topological polar surface area (TPSA) is 45.6 Å². The molecule has 0 amide bonds. The Morgan fingerprint density at radius 3 is 2.85 bits per heavy atom. The van der Waals surface area contributed by atoms with E-state index >= 15 is 0 Å². The van der Waals surface area contributed by atoms with Crippen LogP contribution in [0.15, 0.2) is 29.6 Å². The van der Waals surface area contributed by atoms with Gasteiger partial charge in [-0.2, -0.15) is 0 Å². The highest BCUT2D eigenvalue weighted by molar-refractivity contribution is 7.13. The molecule has 0 atom stereocenters. The van der Waals surface area contributed by atoms with Crippen LogP contribution in [0.25, 0.3) is 10.6 Å². The van der Waals surface area contributed by atoms with Crippen LogP contribution in [0.3, 0.4) is 0 Å². The molecule has 1 aromatic heterocycles. The van der Waals surface area contributed by atoms with Crippen LogP contribution >= 0.6 is 11.3 Å². The molecule has 0 saturated heterocycles. The second kappa shape index (κ2) is 7.38. The first-order chi connectivity index (χ1) is 9.78. The van der Waals surface area contributed by atoms with Crippen LogP contribution < -0.4 is 4.74 Å². The Labute approximate surface area is 123 Å². The molecule has 1 heterocycles. The largest absolute Gasteiger partial charge is 0.496 e. The Hall–Kier alpha value is -1.43. The van der Waals surface area contributed by atoms with Crippen molar-refractivity contribution in [1.29, 1.82) is 0 Å². The summed E-state index contributed by atoms with van der Waals surface area (Å²) in [6.07, 6.45) is 0. The zero-order valence-electron chi connectivity index (χ0n) is 11.9. The summed E-state index contributed by atoms with van der Waals surface area (Å²) < 4.78 is 5.37. The molecule has 108 valence electrons. The summed E-state index contributed by atoms with van der Waals surface area (Å²) in [5, 5.41) is 12.1. The van der Waals surface area contributed by atoms with Crippen LogP contribution in [0, 0.1) is 0 Å². The van der Waals surface area contributed by atoms with Crippen molar-refractivity contribution in [3.63, 3.8) is 0 Å². The first-order valence-corrected chi connectivity index (χ1v) is 7.57. The van der Waals surface area contributed by atoms with Gasteiger partial charge in [0.05, 0.1) is 25.0 Å². The fraction of sp³-hybridized carbons (Fsp3) is 0.400. The average molecular weight is 292 g/mol. The molecule has 2 rings (SSSR count). The molecule has 0 aliphatic heterocycles. The van der Waals surface area contributed by atoms with Crippen molar-refractivity contribution in [2.24, 2.45) is 0 Å². The number of thiazole rings is 1. The summed E-state index contributed by atoms with van der Waals surface area (Å²) in [6.45, 7) is 4.61. The van der Waals surface area contributed by atoms with Gasteiger partial charge in [-0.05, 0) is 18.7 Å². The van der Waals surface area contributed by atoms with Gasteiger partial charge in [0.25, 0.3) is 0 Å². The lowest BCUT2D eigenvalue weighted by molar-refractivity contribution is 0.195. The van der Waals surface area contributed by atoms with Gasteiger partial charge in [-0.15, -0.1) is 11.3 Å². The average Bonchev–Trinajstić information content (AvgIpc) is 2.95. The quantitative estimate of drug-likeness (QED) is 0.852. The van der Waals surface area contributed by atoms with Crippen molar-refractivity contribution in [1.82, 2.24) is 9.88 Å². The Kier molecular flexibility index (Phi) is 5.52. The highest BCUT2D eigenvalue weighted by Gasteiger charge is 2.11. The number of aliphatic hydroxyl groups is 1. The van der Waals surface area contributed by atoms with Crippen molar-refractivity contribution < 1.29 is 9.84 Å². The normalized spacial score (nSPS) is 11.0. The maximum Gasteiger partial charge on any atom is 0.129 e. The summed E-state index contributed by atoms with van der Waals surface area (Å²) in [5.74, 6) is 0.844. The van der Waals surface area contributed by atoms with Crippen molar-refractivity contribution in [3.05, 3.63) is 35.3 Å². The lowest BCUT2D eigenvalue weighted by Gasteiger charge is -2.17. The van der Waals surface area contributed by atoms with Crippen molar-refractivity contribution in [2.75, 3.05) is 26.8 Å². The van der Waals surface area contributed by atoms with E-state index in [1.807, 2.05) is 24.3 Å². The number of rotatable bonds is 7. The van der Waals surface area contributed by atoms with Crippen LogP contribution in [0.2, 0.25) is 0 Å². The van der Waals surface area contributed by atoms with E-state index in [4.69, 9.17) is 9.84 Å². The molecule has 1 aromatic carbocycles. The number of aromatic nitrogens is 1. The molecular formula is C15H20N2O2S. The molecule has 5 heteroatoms. The third kappa shape index (κ3) is 3.56. The van der Waals surface area contributed by atoms with Gasteiger partial charge < -0.3 is 9.84 Å². The Morgan fingerprint density at radius 1 is 1.35 bits per heavy atom. The standard InChI is InChI=1S/C15H20N2O2S/c1-3-17(8-9-18)10-12-11-20-15(16-12)13-6-4-5-7-14(13)19-2/h4-7,11,18H,3,8-10H2,1-2H3. The molecule has 0 spiro atoms. The molecule has 0 unspecified atom stereocenters. The van der Waals surface area contributed by atoms with Crippen LogP contribution in [0.1, 0.15) is 12.6 Å². The van der Waals surface area contributed by atoms with E-state index < -0.39 is 0 Å². The predicted octanol–water partition coefficient (Wildman–Crippen LogP) is 2.63. The van der Waals surface area contributed by atoms with E-state index in [1.165, 1.54) is 0 Å². The Balaban J connectivity index is 2.16. The maximum absolute atomic E-state index is 9.02. The highest BCUT2D eigenvalue weighted by Crippen LogP contribution is 2.32. The number of methoxy groups -OCH3 is 1. The lowest BCUT2D eigenvalue weighted by Crippen LogP contribution is -2.26. The van der Waals surface area contributed by atoms with E-state index in [-0.39, 0.29) is 6.61 Å². The van der Waals surface area contributed by atoms with E-state index in [0.717, 1.165) is 35.1 Å². The van der Waals surface area contributed by atoms with Gasteiger partial charge in [0.15, 0.2) is 0 Å². The summed E-state index contributed by atoms with van der Waals surface area (Å²) in [5.41, 5.74) is 2.06. The molecule has 0 saturated carbocycles. The minimum atomic E-state index is 0.178. The van der Waals surface area contributed by atoms with E-state index in [2.05, 4.69) is 22.2 Å². The van der Waals surface area contributed by atoms with E-state index in [1.54, 1.807) is 18.4 Å². The first kappa shape index (κ1) is 15.0. The Morgan fingerprint density at radius 2 is 2.15 bits per heavy atom. The minimum absolute atomic E-state index is 0.178. The van der Waals surface area contributed by atoms with Crippen molar-refractivity contribution >= 4 is 11.3 Å². The number of benzene rings is 1.